The Balaban J connectivity index is 1.77. The zero-order valence-corrected chi connectivity index (χ0v) is 19.3. The van der Waals surface area contributed by atoms with E-state index in [0.717, 1.165) is 22.0 Å². The fourth-order valence-corrected chi connectivity index (χ4v) is 4.86. The molecule has 0 unspecified atom stereocenters. The first kappa shape index (κ1) is 23.7. The van der Waals surface area contributed by atoms with Gasteiger partial charge in [-0.2, -0.15) is 4.72 Å². The maximum atomic E-state index is 13.1. The first-order valence-corrected chi connectivity index (χ1v) is 12.1. The van der Waals surface area contributed by atoms with Crippen LogP contribution in [0.2, 0.25) is 0 Å². The summed E-state index contributed by atoms with van der Waals surface area (Å²) < 4.78 is 28.3. The monoisotopic (exact) mass is 455 g/mol. The quantitative estimate of drug-likeness (QED) is 0.408. The van der Waals surface area contributed by atoms with Crippen LogP contribution in [0.4, 0.5) is 0 Å². The normalized spacial score (nSPS) is 14.6. The molecule has 0 spiro atoms. The molecule has 8 heteroatoms. The van der Waals surface area contributed by atoms with E-state index in [2.05, 4.69) is 15.0 Å². The molecule has 0 aliphatic heterocycles. The van der Waals surface area contributed by atoms with Gasteiger partial charge in [0, 0.05) is 23.5 Å². The second kappa shape index (κ2) is 10.1. The van der Waals surface area contributed by atoms with Crippen LogP contribution < -0.4 is 10.0 Å². The molecule has 3 N–H and O–H groups in total. The van der Waals surface area contributed by atoms with Gasteiger partial charge in [0.15, 0.2) is 0 Å². The Bertz CT molecular complexity index is 1190. The fourth-order valence-electron chi connectivity index (χ4n) is 3.56. The minimum atomic E-state index is -3.90. The Kier molecular flexibility index (Phi) is 7.48. The van der Waals surface area contributed by atoms with Gasteiger partial charge in [0.2, 0.25) is 15.9 Å². The van der Waals surface area contributed by atoms with Crippen LogP contribution in [0.15, 0.2) is 59.6 Å². The molecule has 1 heterocycles. The van der Waals surface area contributed by atoms with Crippen molar-refractivity contribution >= 4 is 33.1 Å². The van der Waals surface area contributed by atoms with Crippen molar-refractivity contribution in [1.29, 1.82) is 0 Å². The predicted octanol–water partition coefficient (Wildman–Crippen LogP) is 3.10. The third-order valence-electron chi connectivity index (χ3n) is 5.72. The van der Waals surface area contributed by atoms with E-state index in [1.807, 2.05) is 44.3 Å². The van der Waals surface area contributed by atoms with Crippen LogP contribution in [-0.2, 0) is 26.0 Å². The molecule has 7 nitrogen and oxygen atoms in total. The molecule has 170 valence electrons. The summed E-state index contributed by atoms with van der Waals surface area (Å²) >= 11 is 0. The lowest BCUT2D eigenvalue weighted by atomic mass is 9.98. The number of benzene rings is 2. The molecule has 3 rings (SSSR count). The lowest BCUT2D eigenvalue weighted by Gasteiger charge is -2.25. The Morgan fingerprint density at radius 1 is 1.12 bits per heavy atom. The molecule has 0 aliphatic rings. The minimum Gasteiger partial charge on any atom is -0.361 e. The molecule has 1 aromatic heterocycles. The van der Waals surface area contributed by atoms with Gasteiger partial charge in [-0.15, -0.1) is 0 Å². The van der Waals surface area contributed by atoms with Crippen molar-refractivity contribution in [2.45, 2.75) is 50.6 Å². The molecule has 0 saturated carbocycles. The molecule has 1 amide bonds. The maximum Gasteiger partial charge on any atom is 0.241 e. The summed E-state index contributed by atoms with van der Waals surface area (Å²) in [4.78, 5) is 28.0. The average molecular weight is 456 g/mol. The van der Waals surface area contributed by atoms with Gasteiger partial charge in [0.1, 0.15) is 12.3 Å². The highest BCUT2D eigenvalue weighted by Gasteiger charge is 2.31. The van der Waals surface area contributed by atoms with Gasteiger partial charge < -0.3 is 15.1 Å². The molecule has 0 radical (unpaired) electrons. The molecule has 0 aliphatic carbocycles. The first-order valence-electron chi connectivity index (χ1n) is 10.6. The number of carbonyl (C=O) groups excluding carboxylic acids is 2. The maximum absolute atomic E-state index is 13.1. The Morgan fingerprint density at radius 2 is 1.81 bits per heavy atom. The third-order valence-corrected chi connectivity index (χ3v) is 7.17. The number of aldehydes is 1. The van der Waals surface area contributed by atoms with Crippen molar-refractivity contribution in [2.24, 2.45) is 5.92 Å². The van der Waals surface area contributed by atoms with Gasteiger partial charge in [-0.3, -0.25) is 4.79 Å². The van der Waals surface area contributed by atoms with Gasteiger partial charge in [0.25, 0.3) is 0 Å². The zero-order chi connectivity index (χ0) is 23.3. The summed E-state index contributed by atoms with van der Waals surface area (Å²) in [5, 5.41) is 3.70. The molecule has 3 atom stereocenters. The number of hydrogen-bond donors (Lipinski definition) is 3. The number of nitrogens with one attached hydrogen (secondary N) is 3. The van der Waals surface area contributed by atoms with Crippen LogP contribution >= 0.6 is 0 Å². The highest BCUT2D eigenvalue weighted by atomic mass is 32.2. The number of H-pyrrole nitrogens is 1. The van der Waals surface area contributed by atoms with Crippen LogP contribution in [0.5, 0.6) is 0 Å². The van der Waals surface area contributed by atoms with E-state index in [1.54, 1.807) is 19.1 Å². The SMILES string of the molecule is CC[C@@H](C)[C@H](NS(=O)(=O)c1ccc(C)cc1)C(=O)N[C@@H](C=O)Cc1c[nH]c2ccccc12. The van der Waals surface area contributed by atoms with Crippen molar-refractivity contribution < 1.29 is 18.0 Å². The number of sulfonamides is 1. The largest absolute Gasteiger partial charge is 0.361 e. The fraction of sp³-hybridized carbons (Fsp3) is 0.333. The summed E-state index contributed by atoms with van der Waals surface area (Å²) in [7, 11) is -3.90. The van der Waals surface area contributed by atoms with E-state index >= 15 is 0 Å². The molecule has 0 fully saturated rings. The highest BCUT2D eigenvalue weighted by Crippen LogP contribution is 2.19. The summed E-state index contributed by atoms with van der Waals surface area (Å²) in [6, 6.07) is 12.4. The van der Waals surface area contributed by atoms with Crippen LogP contribution in [0, 0.1) is 12.8 Å². The van der Waals surface area contributed by atoms with Crippen molar-refractivity contribution in [3.8, 4) is 0 Å². The number of aryl methyl sites for hydroxylation is 1. The number of rotatable bonds is 10. The standard InChI is InChI=1S/C24H29N3O4S/c1-4-17(3)23(27-32(30,31)20-11-9-16(2)10-12-20)24(29)26-19(15-28)13-18-14-25-22-8-6-5-7-21(18)22/h5-12,14-15,17,19,23,25,27H,4,13H2,1-3H3,(H,26,29)/t17-,19-,23+/m1/s1. The highest BCUT2D eigenvalue weighted by molar-refractivity contribution is 7.89. The Labute approximate surface area is 188 Å². The van der Waals surface area contributed by atoms with E-state index in [0.29, 0.717) is 19.1 Å². The lowest BCUT2D eigenvalue weighted by molar-refractivity contribution is -0.126. The molecule has 0 saturated heterocycles. The first-order chi connectivity index (χ1) is 15.2. The number of hydrogen-bond acceptors (Lipinski definition) is 4. The second-order valence-corrected chi connectivity index (χ2v) is 9.83. The van der Waals surface area contributed by atoms with Gasteiger partial charge >= 0.3 is 0 Å². The van der Waals surface area contributed by atoms with Crippen molar-refractivity contribution in [3.05, 3.63) is 65.9 Å². The van der Waals surface area contributed by atoms with Crippen LogP contribution in [0.1, 0.15) is 31.4 Å². The Morgan fingerprint density at radius 3 is 2.47 bits per heavy atom. The van der Waals surface area contributed by atoms with E-state index in [9.17, 15) is 18.0 Å². The zero-order valence-electron chi connectivity index (χ0n) is 18.5. The van der Waals surface area contributed by atoms with E-state index in [-0.39, 0.29) is 10.8 Å². The van der Waals surface area contributed by atoms with Gasteiger partial charge in [-0.1, -0.05) is 56.2 Å². The Hall–Kier alpha value is -2.97. The number of carbonyl (C=O) groups is 2. The molecule has 32 heavy (non-hydrogen) atoms. The number of aromatic amines is 1. The summed E-state index contributed by atoms with van der Waals surface area (Å²) in [6.07, 6.45) is 3.39. The van der Waals surface area contributed by atoms with Crippen LogP contribution in [0.25, 0.3) is 10.9 Å². The predicted molar refractivity (Wildman–Crippen MR) is 125 cm³/mol. The van der Waals surface area contributed by atoms with Gasteiger partial charge in [0.05, 0.1) is 10.9 Å². The van der Waals surface area contributed by atoms with Crippen molar-refractivity contribution in [1.82, 2.24) is 15.0 Å². The smallest absolute Gasteiger partial charge is 0.241 e. The number of fused-ring (bicyclic) bond motifs is 1. The number of para-hydroxylation sites is 1. The molecular weight excluding hydrogens is 426 g/mol. The average Bonchev–Trinajstić information content (AvgIpc) is 3.19. The molecule has 3 aromatic rings. The van der Waals surface area contributed by atoms with E-state index in [4.69, 9.17) is 0 Å². The third kappa shape index (κ3) is 5.44. The molecule has 0 bridgehead atoms. The summed E-state index contributed by atoms with van der Waals surface area (Å²) in [5.41, 5.74) is 2.78. The number of amides is 1. The van der Waals surface area contributed by atoms with Crippen molar-refractivity contribution in [3.63, 3.8) is 0 Å². The van der Waals surface area contributed by atoms with Gasteiger partial charge in [-0.25, -0.2) is 8.42 Å². The molecular formula is C24H29N3O4S. The topological polar surface area (TPSA) is 108 Å². The van der Waals surface area contributed by atoms with Crippen LogP contribution in [0.3, 0.4) is 0 Å². The van der Waals surface area contributed by atoms with Gasteiger partial charge in [-0.05, 0) is 36.6 Å². The minimum absolute atomic E-state index is 0.0925. The van der Waals surface area contributed by atoms with Crippen LogP contribution in [-0.4, -0.2) is 37.7 Å². The molecule has 2 aromatic carbocycles. The second-order valence-electron chi connectivity index (χ2n) is 8.11. The number of aromatic nitrogens is 1. The van der Waals surface area contributed by atoms with E-state index in [1.165, 1.54) is 12.1 Å². The summed E-state index contributed by atoms with van der Waals surface area (Å²) in [6.45, 7) is 5.55. The lowest BCUT2D eigenvalue weighted by Crippen LogP contribution is -2.53. The van der Waals surface area contributed by atoms with E-state index < -0.39 is 28.0 Å². The summed E-state index contributed by atoms with van der Waals surface area (Å²) in [5.74, 6) is -0.789. The van der Waals surface area contributed by atoms with Crippen molar-refractivity contribution in [2.75, 3.05) is 0 Å².